The van der Waals surface area contributed by atoms with Crippen LogP contribution in [0.3, 0.4) is 0 Å². The topological polar surface area (TPSA) is 32.7 Å². The lowest BCUT2D eigenvalue weighted by molar-refractivity contribution is 0.454. The third-order valence-electron chi connectivity index (χ3n) is 6.93. The fourth-order valence-corrected chi connectivity index (χ4v) is 5.01. The molecule has 0 atom stereocenters. The molecule has 0 aliphatic heterocycles. The standard InChI is InChI=1S/C36H27BNO2/c39-37-40-34-23-24-36(35(26-34)30-15-8-3-9-16-30)38(32-21-19-29(20-22-32)27-11-4-1-5-12-27)33-18-10-17-31(25-33)28-13-6-2-7-14-28/h1-26,39H. The lowest BCUT2D eigenvalue weighted by Gasteiger charge is -2.29. The summed E-state index contributed by atoms with van der Waals surface area (Å²) < 4.78 is 5.37. The van der Waals surface area contributed by atoms with E-state index in [1.165, 1.54) is 5.56 Å². The van der Waals surface area contributed by atoms with Crippen molar-refractivity contribution in [2.75, 3.05) is 4.90 Å². The summed E-state index contributed by atoms with van der Waals surface area (Å²) in [4.78, 5) is 2.27. The van der Waals surface area contributed by atoms with E-state index >= 15 is 0 Å². The van der Waals surface area contributed by atoms with E-state index in [1.807, 2.05) is 48.5 Å². The maximum absolute atomic E-state index is 9.32. The minimum absolute atomic E-state index is 0.558. The van der Waals surface area contributed by atoms with E-state index in [0.717, 1.165) is 44.9 Å². The highest BCUT2D eigenvalue weighted by molar-refractivity contribution is 6.17. The van der Waals surface area contributed by atoms with Gasteiger partial charge in [-0.3, -0.25) is 0 Å². The Balaban J connectivity index is 1.53. The molecule has 0 heterocycles. The van der Waals surface area contributed by atoms with Crippen LogP contribution in [0.2, 0.25) is 0 Å². The van der Waals surface area contributed by atoms with Crippen LogP contribution < -0.4 is 9.55 Å². The first-order valence-electron chi connectivity index (χ1n) is 13.2. The Kier molecular flexibility index (Phi) is 7.43. The lowest BCUT2D eigenvalue weighted by Crippen LogP contribution is -2.12. The molecule has 0 saturated heterocycles. The van der Waals surface area contributed by atoms with E-state index < -0.39 is 0 Å². The molecule has 0 unspecified atom stereocenters. The molecule has 1 radical (unpaired) electrons. The molecule has 40 heavy (non-hydrogen) atoms. The summed E-state index contributed by atoms with van der Waals surface area (Å²) >= 11 is 0. The summed E-state index contributed by atoms with van der Waals surface area (Å²) in [6, 6.07) is 54.2. The molecular formula is C36H27BNO2. The predicted octanol–water partition coefficient (Wildman–Crippen LogP) is 9.06. The third-order valence-corrected chi connectivity index (χ3v) is 6.93. The van der Waals surface area contributed by atoms with Gasteiger partial charge in [-0.25, -0.2) is 0 Å². The molecule has 0 bridgehead atoms. The van der Waals surface area contributed by atoms with Crippen molar-refractivity contribution in [2.45, 2.75) is 0 Å². The van der Waals surface area contributed by atoms with Gasteiger partial charge in [0.05, 0.1) is 5.69 Å². The van der Waals surface area contributed by atoms with Crippen molar-refractivity contribution < 1.29 is 9.68 Å². The minimum atomic E-state index is 0.558. The predicted molar refractivity (Wildman–Crippen MR) is 166 cm³/mol. The maximum atomic E-state index is 9.32. The Morgan fingerprint density at radius 3 is 1.62 bits per heavy atom. The monoisotopic (exact) mass is 516 g/mol. The Bertz CT molecular complexity index is 1690. The molecule has 0 fully saturated rings. The van der Waals surface area contributed by atoms with Crippen molar-refractivity contribution >= 4 is 24.7 Å². The average Bonchev–Trinajstić information content (AvgIpc) is 3.04. The minimum Gasteiger partial charge on any atom is -0.537 e. The van der Waals surface area contributed by atoms with Crippen LogP contribution in [0.1, 0.15) is 0 Å². The van der Waals surface area contributed by atoms with Crippen LogP contribution >= 0.6 is 0 Å². The fourth-order valence-electron chi connectivity index (χ4n) is 5.01. The van der Waals surface area contributed by atoms with E-state index in [2.05, 4.69) is 114 Å². The van der Waals surface area contributed by atoms with Gasteiger partial charge >= 0.3 is 7.69 Å². The highest BCUT2D eigenvalue weighted by Crippen LogP contribution is 2.43. The second kappa shape index (κ2) is 11.8. The summed E-state index contributed by atoms with van der Waals surface area (Å²) in [5, 5.41) is 9.32. The zero-order valence-electron chi connectivity index (χ0n) is 21.9. The molecule has 3 nitrogen and oxygen atoms in total. The molecule has 0 spiro atoms. The second-order valence-electron chi connectivity index (χ2n) is 9.43. The molecule has 0 aliphatic carbocycles. The molecule has 4 heteroatoms. The van der Waals surface area contributed by atoms with E-state index in [1.54, 1.807) is 0 Å². The first kappa shape index (κ1) is 25.2. The summed E-state index contributed by atoms with van der Waals surface area (Å²) in [6.45, 7) is 0. The SMILES string of the molecule is O[B]Oc1ccc(N(c2ccc(-c3ccccc3)cc2)c2cccc(-c3ccccc3)c2)c(-c2ccccc2)c1. The van der Waals surface area contributed by atoms with E-state index in [4.69, 9.17) is 4.65 Å². The van der Waals surface area contributed by atoms with Crippen molar-refractivity contribution in [3.8, 4) is 39.1 Å². The summed E-state index contributed by atoms with van der Waals surface area (Å²) in [5.41, 5.74) is 9.73. The van der Waals surface area contributed by atoms with Crippen LogP contribution in [0.5, 0.6) is 5.75 Å². The maximum Gasteiger partial charge on any atom is 0.569 e. The van der Waals surface area contributed by atoms with Crippen molar-refractivity contribution in [3.05, 3.63) is 158 Å². The smallest absolute Gasteiger partial charge is 0.537 e. The number of hydrogen-bond donors (Lipinski definition) is 1. The first-order valence-corrected chi connectivity index (χ1v) is 13.2. The molecular weight excluding hydrogens is 489 g/mol. The highest BCUT2D eigenvalue weighted by Gasteiger charge is 2.19. The quantitative estimate of drug-likeness (QED) is 0.205. The van der Waals surface area contributed by atoms with Crippen molar-refractivity contribution in [2.24, 2.45) is 0 Å². The number of benzene rings is 6. The molecule has 6 aromatic carbocycles. The van der Waals surface area contributed by atoms with Gasteiger partial charge in [0.2, 0.25) is 0 Å². The number of rotatable bonds is 8. The Hall–Kier alpha value is -5.06. The molecule has 0 amide bonds. The van der Waals surface area contributed by atoms with Crippen molar-refractivity contribution in [1.82, 2.24) is 0 Å². The normalized spacial score (nSPS) is 10.6. The number of anilines is 3. The van der Waals surface area contributed by atoms with E-state index in [0.29, 0.717) is 13.4 Å². The number of nitrogens with zero attached hydrogens (tertiary/aromatic N) is 1. The summed E-state index contributed by atoms with van der Waals surface area (Å²) in [6.07, 6.45) is 0. The summed E-state index contributed by atoms with van der Waals surface area (Å²) in [5.74, 6) is 0.558. The van der Waals surface area contributed by atoms with Gasteiger partial charge in [0.25, 0.3) is 0 Å². The third kappa shape index (κ3) is 5.39. The van der Waals surface area contributed by atoms with Crippen LogP contribution in [0.4, 0.5) is 17.1 Å². The highest BCUT2D eigenvalue weighted by atomic mass is 16.5. The molecule has 0 saturated carbocycles. The van der Waals surface area contributed by atoms with Gasteiger partial charge in [-0.1, -0.05) is 115 Å². The van der Waals surface area contributed by atoms with Crippen LogP contribution in [0, 0.1) is 0 Å². The second-order valence-corrected chi connectivity index (χ2v) is 9.43. The van der Waals surface area contributed by atoms with Gasteiger partial charge in [-0.15, -0.1) is 0 Å². The van der Waals surface area contributed by atoms with Crippen molar-refractivity contribution in [1.29, 1.82) is 0 Å². The molecule has 6 rings (SSSR count). The van der Waals surface area contributed by atoms with Gasteiger partial charge in [0.15, 0.2) is 0 Å². The fraction of sp³-hybridized carbons (Fsp3) is 0. The van der Waals surface area contributed by atoms with Crippen LogP contribution in [-0.2, 0) is 0 Å². The zero-order valence-corrected chi connectivity index (χ0v) is 21.9. The van der Waals surface area contributed by atoms with Gasteiger partial charge in [0, 0.05) is 16.9 Å². The molecule has 0 aromatic heterocycles. The molecule has 6 aromatic rings. The van der Waals surface area contributed by atoms with Gasteiger partial charge in [-0.2, -0.15) is 0 Å². The van der Waals surface area contributed by atoms with Crippen LogP contribution in [0.15, 0.2) is 158 Å². The van der Waals surface area contributed by atoms with E-state index in [9.17, 15) is 5.02 Å². The number of hydrogen-bond acceptors (Lipinski definition) is 3. The zero-order chi connectivity index (χ0) is 27.1. The largest absolute Gasteiger partial charge is 0.569 e. The molecule has 191 valence electrons. The Morgan fingerprint density at radius 1 is 0.450 bits per heavy atom. The van der Waals surface area contributed by atoms with E-state index in [-0.39, 0.29) is 0 Å². The summed E-state index contributed by atoms with van der Waals surface area (Å²) in [7, 11) is 0.715. The van der Waals surface area contributed by atoms with Crippen LogP contribution in [0.25, 0.3) is 33.4 Å². The Labute approximate surface area is 235 Å². The Morgan fingerprint density at radius 2 is 1.00 bits per heavy atom. The van der Waals surface area contributed by atoms with Gasteiger partial charge in [-0.05, 0) is 70.3 Å². The van der Waals surface area contributed by atoms with Crippen molar-refractivity contribution in [3.63, 3.8) is 0 Å². The first-order chi connectivity index (χ1) is 19.8. The molecule has 1 N–H and O–H groups in total. The van der Waals surface area contributed by atoms with Gasteiger partial charge in [0.1, 0.15) is 5.75 Å². The van der Waals surface area contributed by atoms with Gasteiger partial charge < -0.3 is 14.6 Å². The lowest BCUT2D eigenvalue weighted by atomic mass is 9.99. The molecule has 0 aliphatic rings. The van der Waals surface area contributed by atoms with Crippen LogP contribution in [-0.4, -0.2) is 12.7 Å². The average molecular weight is 516 g/mol.